The van der Waals surface area contributed by atoms with Crippen molar-refractivity contribution in [1.82, 2.24) is 9.78 Å². The minimum atomic E-state index is -0.327. The predicted octanol–water partition coefficient (Wildman–Crippen LogP) is 4.49. The second kappa shape index (κ2) is 6.68. The highest BCUT2D eigenvalue weighted by Crippen LogP contribution is 2.67. The molecule has 29 heavy (non-hydrogen) atoms. The fourth-order valence-electron chi connectivity index (χ4n) is 8.09. The van der Waals surface area contributed by atoms with Gasteiger partial charge in [-0.1, -0.05) is 13.8 Å². The standard InChI is InChI=1S/C25H38N2O2/c1-15-17(14-26-27(15)4)11-16-12-22-20-6-5-18-13-19(28)7-9-24(18,2)21(20)8-10-25(22,3)23(16)29/h11,14,18-23,28-29H,5-10,12-13H2,1-4H3/b16-11-/t18-,19-,20-,21+,22+,23+,24-,25-/m0/s1. The number of aliphatic hydroxyl groups is 2. The van der Waals surface area contributed by atoms with E-state index in [0.29, 0.717) is 17.3 Å². The second-order valence-electron chi connectivity index (χ2n) is 11.3. The summed E-state index contributed by atoms with van der Waals surface area (Å²) in [5.41, 5.74) is 3.94. The van der Waals surface area contributed by atoms with E-state index in [1.165, 1.54) is 31.3 Å². The normalized spacial score (nSPS) is 48.3. The molecular weight excluding hydrogens is 360 g/mol. The van der Waals surface area contributed by atoms with Gasteiger partial charge in [0.05, 0.1) is 18.4 Å². The van der Waals surface area contributed by atoms with Crippen LogP contribution in [0.15, 0.2) is 11.8 Å². The van der Waals surface area contributed by atoms with E-state index in [1.807, 2.05) is 17.9 Å². The van der Waals surface area contributed by atoms with Gasteiger partial charge in [-0.15, -0.1) is 0 Å². The van der Waals surface area contributed by atoms with Crippen LogP contribution in [0.25, 0.3) is 6.08 Å². The Bertz CT molecular complexity index is 829. The maximum Gasteiger partial charge on any atom is 0.0809 e. The van der Waals surface area contributed by atoms with Crippen molar-refractivity contribution < 1.29 is 10.2 Å². The molecule has 8 atom stereocenters. The second-order valence-corrected chi connectivity index (χ2v) is 11.3. The van der Waals surface area contributed by atoms with Gasteiger partial charge in [0, 0.05) is 23.7 Å². The van der Waals surface area contributed by atoms with Crippen LogP contribution in [0, 0.1) is 41.4 Å². The van der Waals surface area contributed by atoms with Gasteiger partial charge in [0.25, 0.3) is 0 Å². The van der Waals surface area contributed by atoms with Gasteiger partial charge >= 0.3 is 0 Å². The van der Waals surface area contributed by atoms with Crippen molar-refractivity contribution in [3.05, 3.63) is 23.0 Å². The molecule has 160 valence electrons. The SMILES string of the molecule is Cc1c(/C=C2/C[C@@H]3[C@H]4CC[C@H]5C[C@@H](O)CC[C@]5(C)[C@@H]4CC[C@]3(C)[C@@H]2O)cnn1C. The Hall–Kier alpha value is -1.13. The third kappa shape index (κ3) is 2.81. The van der Waals surface area contributed by atoms with E-state index >= 15 is 0 Å². The molecule has 1 heterocycles. The maximum atomic E-state index is 11.4. The highest BCUT2D eigenvalue weighted by molar-refractivity contribution is 5.57. The Labute approximate surface area is 175 Å². The molecule has 0 aliphatic heterocycles. The van der Waals surface area contributed by atoms with Gasteiger partial charge in [-0.25, -0.2) is 0 Å². The molecule has 4 aliphatic rings. The quantitative estimate of drug-likeness (QED) is 0.733. The zero-order chi connectivity index (χ0) is 20.6. The number of fused-ring (bicyclic) bond motifs is 5. The third-order valence-electron chi connectivity index (χ3n) is 10.1. The van der Waals surface area contributed by atoms with Crippen LogP contribution in [-0.2, 0) is 7.05 Å². The van der Waals surface area contributed by atoms with Crippen LogP contribution < -0.4 is 0 Å². The highest BCUT2D eigenvalue weighted by atomic mass is 16.3. The van der Waals surface area contributed by atoms with Crippen molar-refractivity contribution >= 4 is 6.08 Å². The van der Waals surface area contributed by atoms with E-state index in [4.69, 9.17) is 0 Å². The van der Waals surface area contributed by atoms with E-state index in [-0.39, 0.29) is 17.6 Å². The van der Waals surface area contributed by atoms with Crippen molar-refractivity contribution in [2.75, 3.05) is 0 Å². The summed E-state index contributed by atoms with van der Waals surface area (Å²) in [6.07, 6.45) is 12.9. The first-order valence-corrected chi connectivity index (χ1v) is 11.8. The van der Waals surface area contributed by atoms with Gasteiger partial charge in [-0.2, -0.15) is 5.10 Å². The molecule has 4 fully saturated rings. The molecule has 1 aromatic rings. The van der Waals surface area contributed by atoms with Crippen molar-refractivity contribution in [1.29, 1.82) is 0 Å². The predicted molar refractivity (Wildman–Crippen MR) is 115 cm³/mol. The van der Waals surface area contributed by atoms with Gasteiger partial charge in [0.15, 0.2) is 0 Å². The lowest BCUT2D eigenvalue weighted by atomic mass is 9.45. The molecule has 0 amide bonds. The number of aliphatic hydroxyl groups excluding tert-OH is 2. The zero-order valence-corrected chi connectivity index (χ0v) is 18.6. The summed E-state index contributed by atoms with van der Waals surface area (Å²) in [4.78, 5) is 0. The average Bonchev–Trinajstić information content (AvgIpc) is 3.14. The Morgan fingerprint density at radius 3 is 2.55 bits per heavy atom. The molecule has 0 aromatic carbocycles. The lowest BCUT2D eigenvalue weighted by Gasteiger charge is -2.60. The van der Waals surface area contributed by atoms with Crippen molar-refractivity contribution in [2.24, 2.45) is 41.5 Å². The lowest BCUT2D eigenvalue weighted by Crippen LogP contribution is -2.54. The molecule has 2 N–H and O–H groups in total. The Balaban J connectivity index is 1.45. The van der Waals surface area contributed by atoms with Crippen LogP contribution in [0.4, 0.5) is 0 Å². The average molecular weight is 399 g/mol. The summed E-state index contributed by atoms with van der Waals surface area (Å²) >= 11 is 0. The molecule has 5 rings (SSSR count). The van der Waals surface area contributed by atoms with E-state index in [1.54, 1.807) is 0 Å². The van der Waals surface area contributed by atoms with E-state index in [0.717, 1.165) is 48.8 Å². The number of rotatable bonds is 1. The van der Waals surface area contributed by atoms with Crippen molar-refractivity contribution in [3.63, 3.8) is 0 Å². The van der Waals surface area contributed by atoms with Gasteiger partial charge in [0.1, 0.15) is 0 Å². The molecule has 0 spiro atoms. The van der Waals surface area contributed by atoms with Crippen molar-refractivity contribution in [3.8, 4) is 0 Å². The number of nitrogens with zero attached hydrogens (tertiary/aromatic N) is 2. The maximum absolute atomic E-state index is 11.4. The molecular formula is C25H38N2O2. The van der Waals surface area contributed by atoms with Gasteiger partial charge in [-0.3, -0.25) is 4.68 Å². The first-order chi connectivity index (χ1) is 13.7. The van der Waals surface area contributed by atoms with Gasteiger partial charge in [-0.05, 0) is 99.0 Å². The summed E-state index contributed by atoms with van der Waals surface area (Å²) in [5, 5.41) is 26.0. The van der Waals surface area contributed by atoms with Gasteiger partial charge < -0.3 is 10.2 Å². The van der Waals surface area contributed by atoms with Crippen molar-refractivity contribution in [2.45, 2.75) is 84.3 Å². The molecule has 0 saturated heterocycles. The van der Waals surface area contributed by atoms with E-state index in [2.05, 4.69) is 31.9 Å². The fourth-order valence-corrected chi connectivity index (χ4v) is 8.09. The first-order valence-electron chi connectivity index (χ1n) is 11.8. The van der Waals surface area contributed by atoms with Crippen LogP contribution in [-0.4, -0.2) is 32.2 Å². The topological polar surface area (TPSA) is 58.3 Å². The summed E-state index contributed by atoms with van der Waals surface area (Å²) in [5.74, 6) is 2.76. The van der Waals surface area contributed by atoms with Crippen LogP contribution in [0.2, 0.25) is 0 Å². The molecule has 0 unspecified atom stereocenters. The molecule has 4 saturated carbocycles. The molecule has 4 aliphatic carbocycles. The Morgan fingerprint density at radius 2 is 1.83 bits per heavy atom. The molecule has 0 bridgehead atoms. The van der Waals surface area contributed by atoms with Crippen LogP contribution in [0.1, 0.15) is 76.5 Å². The van der Waals surface area contributed by atoms with E-state index < -0.39 is 0 Å². The monoisotopic (exact) mass is 398 g/mol. The minimum absolute atomic E-state index is 0.0144. The lowest BCUT2D eigenvalue weighted by molar-refractivity contribution is -0.133. The van der Waals surface area contributed by atoms with Crippen LogP contribution >= 0.6 is 0 Å². The number of hydrogen-bond acceptors (Lipinski definition) is 3. The zero-order valence-electron chi connectivity index (χ0n) is 18.6. The summed E-state index contributed by atoms with van der Waals surface area (Å²) in [6, 6.07) is 0. The molecule has 0 radical (unpaired) electrons. The fraction of sp³-hybridized carbons (Fsp3) is 0.800. The number of aromatic nitrogens is 2. The van der Waals surface area contributed by atoms with Gasteiger partial charge in [0.2, 0.25) is 0 Å². The third-order valence-corrected chi connectivity index (χ3v) is 10.1. The number of aryl methyl sites for hydroxylation is 1. The Morgan fingerprint density at radius 1 is 1.07 bits per heavy atom. The highest BCUT2D eigenvalue weighted by Gasteiger charge is 2.61. The largest absolute Gasteiger partial charge is 0.393 e. The molecule has 4 heteroatoms. The summed E-state index contributed by atoms with van der Waals surface area (Å²) in [7, 11) is 1.98. The van der Waals surface area contributed by atoms with Crippen LogP contribution in [0.3, 0.4) is 0 Å². The minimum Gasteiger partial charge on any atom is -0.393 e. The van der Waals surface area contributed by atoms with E-state index in [9.17, 15) is 10.2 Å². The Kier molecular flexibility index (Phi) is 4.57. The first kappa shape index (κ1) is 19.8. The van der Waals surface area contributed by atoms with Crippen LogP contribution in [0.5, 0.6) is 0 Å². The number of hydrogen-bond donors (Lipinski definition) is 2. The smallest absolute Gasteiger partial charge is 0.0809 e. The summed E-state index contributed by atoms with van der Waals surface area (Å²) in [6.45, 7) is 6.99. The molecule has 1 aromatic heterocycles. The molecule has 4 nitrogen and oxygen atoms in total. The summed E-state index contributed by atoms with van der Waals surface area (Å²) < 4.78 is 1.91.